The number of fused-ring (bicyclic) bond motifs is 1. The van der Waals surface area contributed by atoms with E-state index in [4.69, 9.17) is 9.83 Å². The molecule has 8 nitrogen and oxygen atoms in total. The number of pyridine rings is 1. The van der Waals surface area contributed by atoms with Crippen LogP contribution in [0.2, 0.25) is 0 Å². The molecular weight excluding hydrogens is 312 g/mol. The molecule has 120 valence electrons. The van der Waals surface area contributed by atoms with Crippen molar-refractivity contribution in [1.82, 2.24) is 10.3 Å². The van der Waals surface area contributed by atoms with Crippen molar-refractivity contribution in [1.29, 1.82) is 5.41 Å². The smallest absolute Gasteiger partial charge is 0.270 e. The molecule has 0 atom stereocenters. The van der Waals surface area contributed by atoms with E-state index in [0.29, 0.717) is 16.7 Å². The van der Waals surface area contributed by atoms with Gasteiger partial charge in [0, 0.05) is 23.7 Å². The molecule has 0 bridgehead atoms. The summed E-state index contributed by atoms with van der Waals surface area (Å²) in [6.45, 7) is 0.200. The third kappa shape index (κ3) is 3.12. The van der Waals surface area contributed by atoms with Gasteiger partial charge in [0.05, 0.1) is 17.2 Å². The Kier molecular flexibility index (Phi) is 4.02. The zero-order chi connectivity index (χ0) is 17.1. The number of aromatic nitrogens is 1. The number of nitrogens with zero attached hydrogens (tertiary/aromatic N) is 2. The van der Waals surface area contributed by atoms with Crippen LogP contribution in [0.3, 0.4) is 0 Å². The second-order valence-corrected chi connectivity index (χ2v) is 4.97. The van der Waals surface area contributed by atoms with E-state index in [9.17, 15) is 14.9 Å². The first-order valence-electron chi connectivity index (χ1n) is 6.99. The fourth-order valence-electron chi connectivity index (χ4n) is 2.18. The second kappa shape index (κ2) is 6.29. The van der Waals surface area contributed by atoms with Crippen molar-refractivity contribution in [3.8, 4) is 0 Å². The van der Waals surface area contributed by atoms with Gasteiger partial charge in [-0.1, -0.05) is 6.07 Å². The lowest BCUT2D eigenvalue weighted by atomic mass is 10.1. The van der Waals surface area contributed by atoms with E-state index < -0.39 is 10.8 Å². The number of hydrogen-bond acceptors (Lipinski definition) is 6. The maximum absolute atomic E-state index is 12.2. The molecule has 2 heterocycles. The number of benzene rings is 1. The van der Waals surface area contributed by atoms with E-state index in [-0.39, 0.29) is 23.3 Å². The molecule has 0 aliphatic rings. The molecule has 0 unspecified atom stereocenters. The number of nitrogens with one attached hydrogen (secondary N) is 2. The number of nitro benzene ring substituents is 1. The van der Waals surface area contributed by atoms with Crippen LogP contribution in [0.1, 0.15) is 16.1 Å². The SMILES string of the molecule is N=c1oc2ccc([N+](=O)[O-])cc2cc1C(=O)NCc1ccccn1. The largest absolute Gasteiger partial charge is 0.438 e. The average molecular weight is 324 g/mol. The van der Waals surface area contributed by atoms with Gasteiger partial charge < -0.3 is 9.73 Å². The minimum absolute atomic E-state index is 0.000992. The van der Waals surface area contributed by atoms with Crippen molar-refractivity contribution in [3.05, 3.63) is 75.6 Å². The topological polar surface area (TPSA) is 122 Å². The van der Waals surface area contributed by atoms with E-state index in [1.807, 2.05) is 0 Å². The minimum Gasteiger partial charge on any atom is -0.438 e. The maximum Gasteiger partial charge on any atom is 0.270 e. The zero-order valence-corrected chi connectivity index (χ0v) is 12.4. The Bertz CT molecular complexity index is 982. The number of amides is 1. The van der Waals surface area contributed by atoms with Crippen LogP contribution >= 0.6 is 0 Å². The zero-order valence-electron chi connectivity index (χ0n) is 12.4. The Morgan fingerprint density at radius 2 is 2.12 bits per heavy atom. The highest BCUT2D eigenvalue weighted by atomic mass is 16.6. The fraction of sp³-hybridized carbons (Fsp3) is 0.0625. The monoisotopic (exact) mass is 324 g/mol. The van der Waals surface area contributed by atoms with Gasteiger partial charge in [-0.3, -0.25) is 25.3 Å². The van der Waals surface area contributed by atoms with E-state index >= 15 is 0 Å². The van der Waals surface area contributed by atoms with Crippen LogP contribution in [0.5, 0.6) is 0 Å². The summed E-state index contributed by atoms with van der Waals surface area (Å²) < 4.78 is 5.27. The van der Waals surface area contributed by atoms with Gasteiger partial charge in [0.2, 0.25) is 5.55 Å². The van der Waals surface area contributed by atoms with Gasteiger partial charge in [-0.2, -0.15) is 0 Å². The van der Waals surface area contributed by atoms with E-state index in [1.54, 1.807) is 24.4 Å². The fourth-order valence-corrected chi connectivity index (χ4v) is 2.18. The normalized spacial score (nSPS) is 10.5. The maximum atomic E-state index is 12.2. The molecular formula is C16H12N4O4. The highest BCUT2D eigenvalue weighted by molar-refractivity contribution is 5.96. The van der Waals surface area contributed by atoms with Crippen LogP contribution in [0.25, 0.3) is 11.0 Å². The Morgan fingerprint density at radius 3 is 2.83 bits per heavy atom. The minimum atomic E-state index is -0.533. The van der Waals surface area contributed by atoms with Crippen molar-refractivity contribution >= 4 is 22.6 Å². The second-order valence-electron chi connectivity index (χ2n) is 4.97. The van der Waals surface area contributed by atoms with Crippen LogP contribution in [0.4, 0.5) is 5.69 Å². The number of carbonyl (C=O) groups is 1. The first-order chi connectivity index (χ1) is 11.5. The first-order valence-corrected chi connectivity index (χ1v) is 6.99. The Hall–Kier alpha value is -3.55. The molecule has 0 aliphatic heterocycles. The highest BCUT2D eigenvalue weighted by Crippen LogP contribution is 2.20. The molecule has 2 N–H and O–H groups in total. The van der Waals surface area contributed by atoms with Crippen molar-refractivity contribution in [2.24, 2.45) is 0 Å². The summed E-state index contributed by atoms with van der Waals surface area (Å²) in [5, 5.41) is 21.7. The van der Waals surface area contributed by atoms with Gasteiger partial charge in [0.1, 0.15) is 11.1 Å². The van der Waals surface area contributed by atoms with Gasteiger partial charge in [-0.15, -0.1) is 0 Å². The summed E-state index contributed by atoms with van der Waals surface area (Å²) in [4.78, 5) is 26.6. The molecule has 0 radical (unpaired) electrons. The Labute approximate surface area is 135 Å². The number of rotatable bonds is 4. The molecule has 2 aromatic heterocycles. The van der Waals surface area contributed by atoms with Crippen molar-refractivity contribution in [2.75, 3.05) is 0 Å². The molecule has 0 aliphatic carbocycles. The summed E-state index contributed by atoms with van der Waals surface area (Å²) in [5.41, 5.74) is 0.543. The molecule has 0 saturated carbocycles. The third-order valence-corrected chi connectivity index (χ3v) is 3.36. The van der Waals surface area contributed by atoms with Crippen molar-refractivity contribution in [2.45, 2.75) is 6.54 Å². The summed E-state index contributed by atoms with van der Waals surface area (Å²) >= 11 is 0. The third-order valence-electron chi connectivity index (χ3n) is 3.36. The number of nitro groups is 1. The summed E-state index contributed by atoms with van der Waals surface area (Å²) in [6, 6.07) is 10.7. The molecule has 3 aromatic rings. The van der Waals surface area contributed by atoms with Crippen LogP contribution in [-0.4, -0.2) is 15.8 Å². The lowest BCUT2D eigenvalue weighted by Gasteiger charge is -2.06. The molecule has 1 amide bonds. The predicted molar refractivity (Wildman–Crippen MR) is 84.1 cm³/mol. The van der Waals surface area contributed by atoms with Crippen LogP contribution in [0, 0.1) is 15.5 Å². The number of hydrogen-bond donors (Lipinski definition) is 2. The summed E-state index contributed by atoms with van der Waals surface area (Å²) in [6.07, 6.45) is 1.61. The lowest BCUT2D eigenvalue weighted by Crippen LogP contribution is -2.28. The quantitative estimate of drug-likeness (QED) is 0.562. The van der Waals surface area contributed by atoms with Crippen LogP contribution in [0.15, 0.2) is 53.1 Å². The van der Waals surface area contributed by atoms with E-state index in [0.717, 1.165) is 0 Å². The average Bonchev–Trinajstić information content (AvgIpc) is 2.59. The summed E-state index contributed by atoms with van der Waals surface area (Å²) in [5.74, 6) is -0.511. The van der Waals surface area contributed by atoms with Gasteiger partial charge >= 0.3 is 0 Å². The highest BCUT2D eigenvalue weighted by Gasteiger charge is 2.14. The lowest BCUT2D eigenvalue weighted by molar-refractivity contribution is -0.384. The Morgan fingerprint density at radius 1 is 1.29 bits per heavy atom. The molecule has 8 heteroatoms. The molecule has 0 fully saturated rings. The molecule has 0 saturated heterocycles. The molecule has 3 rings (SSSR count). The number of non-ortho nitro benzene ring substituents is 1. The van der Waals surface area contributed by atoms with Gasteiger partial charge in [-0.05, 0) is 24.3 Å². The van der Waals surface area contributed by atoms with Crippen LogP contribution < -0.4 is 10.9 Å². The first kappa shape index (κ1) is 15.3. The molecule has 0 spiro atoms. The standard InChI is InChI=1S/C16H12N4O4/c17-15-13(16(21)19-9-11-3-1-2-6-18-11)8-10-7-12(20(22)23)4-5-14(10)24-15/h1-8,17H,9H2,(H,19,21). The van der Waals surface area contributed by atoms with E-state index in [1.165, 1.54) is 24.3 Å². The van der Waals surface area contributed by atoms with Gasteiger partial charge in [-0.25, -0.2) is 0 Å². The number of carbonyl (C=O) groups excluding carboxylic acids is 1. The predicted octanol–water partition coefficient (Wildman–Crippen LogP) is 2.15. The van der Waals surface area contributed by atoms with Crippen molar-refractivity contribution in [3.63, 3.8) is 0 Å². The van der Waals surface area contributed by atoms with Gasteiger partial charge in [0.25, 0.3) is 11.6 Å². The Balaban J connectivity index is 1.90. The van der Waals surface area contributed by atoms with Gasteiger partial charge in [0.15, 0.2) is 0 Å². The molecule has 1 aromatic carbocycles. The van der Waals surface area contributed by atoms with Crippen LogP contribution in [-0.2, 0) is 6.54 Å². The molecule has 24 heavy (non-hydrogen) atoms. The van der Waals surface area contributed by atoms with Crippen molar-refractivity contribution < 1.29 is 14.1 Å². The summed E-state index contributed by atoms with van der Waals surface area (Å²) in [7, 11) is 0. The van der Waals surface area contributed by atoms with E-state index in [2.05, 4.69) is 10.3 Å².